The van der Waals surface area contributed by atoms with Crippen molar-refractivity contribution in [2.45, 2.75) is 6.42 Å². The van der Waals surface area contributed by atoms with Gasteiger partial charge in [0.15, 0.2) is 0 Å². The molecule has 0 atom stereocenters. The molecule has 0 aliphatic heterocycles. The Balaban J connectivity index is 1.60. The van der Waals surface area contributed by atoms with Crippen LogP contribution in [0.2, 0.25) is 0 Å². The highest BCUT2D eigenvalue weighted by Crippen LogP contribution is 2.19. The van der Waals surface area contributed by atoms with Crippen LogP contribution in [0.4, 0.5) is 5.69 Å². The Morgan fingerprint density at radius 3 is 2.31 bits per heavy atom. The smallest absolute Gasteiger partial charge is 0.255 e. The fourth-order valence-electron chi connectivity index (χ4n) is 3.26. The monoisotopic (exact) mass is 432 g/mol. The van der Waals surface area contributed by atoms with E-state index in [0.717, 1.165) is 23.7 Å². The summed E-state index contributed by atoms with van der Waals surface area (Å²) in [6.45, 7) is 1.29. The van der Waals surface area contributed by atoms with Gasteiger partial charge in [-0.15, -0.1) is 0 Å². The summed E-state index contributed by atoms with van der Waals surface area (Å²) >= 11 is 0. The molecule has 0 saturated carbocycles. The summed E-state index contributed by atoms with van der Waals surface area (Å²) in [6.07, 6.45) is 0.830. The van der Waals surface area contributed by atoms with Crippen LogP contribution in [0, 0.1) is 0 Å². The zero-order valence-corrected chi connectivity index (χ0v) is 18.4. The highest BCUT2D eigenvalue weighted by Gasteiger charge is 2.15. The van der Waals surface area contributed by atoms with Gasteiger partial charge in [0.25, 0.3) is 11.8 Å². The van der Waals surface area contributed by atoms with Crippen LogP contribution >= 0.6 is 0 Å². The van der Waals surface area contributed by atoms with Gasteiger partial charge in [0, 0.05) is 12.1 Å². The number of hydrogen-bond donors (Lipinski definition) is 3. The van der Waals surface area contributed by atoms with Gasteiger partial charge in [-0.1, -0.05) is 42.5 Å². The van der Waals surface area contributed by atoms with Gasteiger partial charge in [-0.2, -0.15) is 0 Å². The highest BCUT2D eigenvalue weighted by molar-refractivity contribution is 6.10. The number of nitrogens with zero attached hydrogens (tertiary/aromatic N) is 1. The summed E-state index contributed by atoms with van der Waals surface area (Å²) in [5, 5.41) is 10.2. The van der Waals surface area contributed by atoms with E-state index < -0.39 is 5.91 Å². The van der Waals surface area contributed by atoms with Crippen molar-refractivity contribution >= 4 is 34.2 Å². The highest BCUT2D eigenvalue weighted by atomic mass is 16.2. The minimum absolute atomic E-state index is 0.131. The quantitative estimate of drug-likeness (QED) is 0.454. The SMILES string of the molecule is CN(C)CCCNC(=O)CNC(=O)c1ccccc1NC(=O)c1ccc2ccccc2c1. The third kappa shape index (κ3) is 6.39. The van der Waals surface area contributed by atoms with E-state index in [-0.39, 0.29) is 18.4 Å². The van der Waals surface area contributed by atoms with Crippen LogP contribution in [-0.2, 0) is 4.79 Å². The molecule has 3 amide bonds. The van der Waals surface area contributed by atoms with E-state index in [4.69, 9.17) is 0 Å². The summed E-state index contributed by atoms with van der Waals surface area (Å²) in [5.41, 5.74) is 1.17. The van der Waals surface area contributed by atoms with Gasteiger partial charge < -0.3 is 20.9 Å². The number of carbonyl (C=O) groups is 3. The molecule has 0 unspecified atom stereocenters. The number of carbonyl (C=O) groups excluding carboxylic acids is 3. The molecule has 3 N–H and O–H groups in total. The molecule has 166 valence electrons. The molecule has 0 aromatic heterocycles. The maximum atomic E-state index is 12.8. The molecule has 3 aromatic carbocycles. The van der Waals surface area contributed by atoms with Crippen LogP contribution in [0.25, 0.3) is 10.8 Å². The lowest BCUT2D eigenvalue weighted by Gasteiger charge is -2.12. The average Bonchev–Trinajstić information content (AvgIpc) is 2.80. The van der Waals surface area contributed by atoms with Gasteiger partial charge in [0.1, 0.15) is 0 Å². The predicted molar refractivity (Wildman–Crippen MR) is 127 cm³/mol. The summed E-state index contributed by atoms with van der Waals surface area (Å²) in [4.78, 5) is 39.4. The fraction of sp³-hybridized carbons (Fsp3) is 0.240. The Morgan fingerprint density at radius 2 is 1.53 bits per heavy atom. The number of benzene rings is 3. The zero-order chi connectivity index (χ0) is 22.9. The Hall–Kier alpha value is -3.71. The molecule has 3 aromatic rings. The van der Waals surface area contributed by atoms with Crippen molar-refractivity contribution < 1.29 is 14.4 Å². The van der Waals surface area contributed by atoms with Gasteiger partial charge >= 0.3 is 0 Å². The number of fused-ring (bicyclic) bond motifs is 1. The van der Waals surface area contributed by atoms with Crippen molar-refractivity contribution in [3.05, 3.63) is 77.9 Å². The van der Waals surface area contributed by atoms with E-state index in [1.165, 1.54) is 0 Å². The standard InChI is InChI=1S/C25H28N4O3/c1-29(2)15-7-14-26-23(30)17-27-25(32)21-10-5-6-11-22(21)28-24(31)20-13-12-18-8-3-4-9-19(18)16-20/h3-6,8-13,16H,7,14-15,17H2,1-2H3,(H,26,30)(H,27,32)(H,28,31). The van der Waals surface area contributed by atoms with Crippen molar-refractivity contribution in [2.24, 2.45) is 0 Å². The van der Waals surface area contributed by atoms with E-state index in [1.807, 2.05) is 55.4 Å². The number of hydrogen-bond acceptors (Lipinski definition) is 4. The van der Waals surface area contributed by atoms with Crippen LogP contribution in [0.1, 0.15) is 27.1 Å². The molecular weight excluding hydrogens is 404 g/mol. The van der Waals surface area contributed by atoms with Gasteiger partial charge in [-0.3, -0.25) is 14.4 Å². The molecule has 3 rings (SSSR count). The maximum absolute atomic E-state index is 12.8. The Labute approximate surface area is 187 Å². The predicted octanol–water partition coefficient (Wildman–Crippen LogP) is 2.89. The number of para-hydroxylation sites is 1. The fourth-order valence-corrected chi connectivity index (χ4v) is 3.26. The first-order chi connectivity index (χ1) is 15.4. The van der Waals surface area contributed by atoms with Crippen LogP contribution in [0.5, 0.6) is 0 Å². The second-order valence-electron chi connectivity index (χ2n) is 7.75. The van der Waals surface area contributed by atoms with Crippen LogP contribution in [0.15, 0.2) is 66.7 Å². The van der Waals surface area contributed by atoms with Crippen molar-refractivity contribution in [2.75, 3.05) is 39.0 Å². The minimum Gasteiger partial charge on any atom is -0.355 e. The lowest BCUT2D eigenvalue weighted by molar-refractivity contribution is -0.120. The molecule has 7 heteroatoms. The maximum Gasteiger partial charge on any atom is 0.255 e. The van der Waals surface area contributed by atoms with Crippen molar-refractivity contribution in [3.63, 3.8) is 0 Å². The first-order valence-corrected chi connectivity index (χ1v) is 10.5. The van der Waals surface area contributed by atoms with Gasteiger partial charge in [0.05, 0.1) is 17.8 Å². The Kier molecular flexibility index (Phi) is 7.94. The molecule has 7 nitrogen and oxygen atoms in total. The topological polar surface area (TPSA) is 90.5 Å². The molecular formula is C25H28N4O3. The molecule has 0 radical (unpaired) electrons. The Bertz CT molecular complexity index is 1110. The number of nitrogens with one attached hydrogen (secondary N) is 3. The van der Waals surface area contributed by atoms with Crippen LogP contribution < -0.4 is 16.0 Å². The second-order valence-corrected chi connectivity index (χ2v) is 7.75. The summed E-state index contributed by atoms with van der Waals surface area (Å²) in [5.74, 6) is -0.993. The van der Waals surface area contributed by atoms with Gasteiger partial charge in [-0.05, 0) is 62.1 Å². The van der Waals surface area contributed by atoms with Crippen LogP contribution in [-0.4, -0.2) is 56.4 Å². The Morgan fingerprint density at radius 1 is 0.812 bits per heavy atom. The van der Waals surface area contributed by atoms with Crippen molar-refractivity contribution in [1.29, 1.82) is 0 Å². The molecule has 0 saturated heterocycles. The average molecular weight is 433 g/mol. The van der Waals surface area contributed by atoms with Gasteiger partial charge in [0.2, 0.25) is 5.91 Å². The minimum atomic E-state index is -0.428. The number of anilines is 1. The van der Waals surface area contributed by atoms with Gasteiger partial charge in [-0.25, -0.2) is 0 Å². The van der Waals surface area contributed by atoms with E-state index in [1.54, 1.807) is 30.3 Å². The first kappa shape index (κ1) is 23.0. The number of rotatable bonds is 9. The largest absolute Gasteiger partial charge is 0.355 e. The molecule has 0 bridgehead atoms. The van der Waals surface area contributed by atoms with Crippen LogP contribution in [0.3, 0.4) is 0 Å². The molecule has 32 heavy (non-hydrogen) atoms. The van der Waals surface area contributed by atoms with E-state index in [2.05, 4.69) is 16.0 Å². The van der Waals surface area contributed by atoms with E-state index in [9.17, 15) is 14.4 Å². The summed E-state index contributed by atoms with van der Waals surface area (Å²) < 4.78 is 0. The first-order valence-electron chi connectivity index (χ1n) is 10.5. The summed E-state index contributed by atoms with van der Waals surface area (Å²) in [6, 6.07) is 20.0. The molecule has 0 aliphatic carbocycles. The zero-order valence-electron chi connectivity index (χ0n) is 18.4. The van der Waals surface area contributed by atoms with Crippen molar-refractivity contribution in [3.8, 4) is 0 Å². The van der Waals surface area contributed by atoms with E-state index in [0.29, 0.717) is 23.4 Å². The van der Waals surface area contributed by atoms with Crippen molar-refractivity contribution in [1.82, 2.24) is 15.5 Å². The third-order valence-corrected chi connectivity index (χ3v) is 4.95. The molecule has 0 aliphatic rings. The number of amides is 3. The normalized spacial score (nSPS) is 10.7. The second kappa shape index (κ2) is 11.1. The lowest BCUT2D eigenvalue weighted by atomic mass is 10.1. The van der Waals surface area contributed by atoms with E-state index >= 15 is 0 Å². The summed E-state index contributed by atoms with van der Waals surface area (Å²) in [7, 11) is 3.94. The molecule has 0 fully saturated rings. The molecule has 0 spiro atoms. The lowest BCUT2D eigenvalue weighted by Crippen LogP contribution is -2.38. The molecule has 0 heterocycles. The third-order valence-electron chi connectivity index (χ3n) is 4.95.